The van der Waals surface area contributed by atoms with Gasteiger partial charge in [0.1, 0.15) is 0 Å². The summed E-state index contributed by atoms with van der Waals surface area (Å²) in [7, 11) is 0. The van der Waals surface area contributed by atoms with E-state index in [0.717, 1.165) is 6.42 Å². The molecule has 0 spiro atoms. The highest BCUT2D eigenvalue weighted by atomic mass is 14.8. The van der Waals surface area contributed by atoms with E-state index >= 15 is 0 Å². The van der Waals surface area contributed by atoms with Crippen LogP contribution in [0.1, 0.15) is 40.6 Å². The van der Waals surface area contributed by atoms with Gasteiger partial charge < -0.3 is 15.0 Å². The lowest BCUT2D eigenvalue weighted by Crippen LogP contribution is -1.99. The molecule has 0 fully saturated rings. The highest BCUT2D eigenvalue weighted by Gasteiger charge is 2.38. The lowest BCUT2D eigenvalue weighted by molar-refractivity contribution is 0.715. The van der Waals surface area contributed by atoms with Crippen LogP contribution in [0.3, 0.4) is 0 Å². The molecule has 0 saturated carbocycles. The fourth-order valence-electron chi connectivity index (χ4n) is 5.64. The fraction of sp³-hybridized carbons (Fsp3) is 0.111. The van der Waals surface area contributed by atoms with Crippen LogP contribution in [-0.4, -0.2) is 15.0 Å². The first-order valence-electron chi connectivity index (χ1n) is 10.6. The van der Waals surface area contributed by atoms with E-state index in [9.17, 15) is 0 Å². The number of H-pyrrole nitrogens is 3. The van der Waals surface area contributed by atoms with Gasteiger partial charge in [-0.3, -0.25) is 0 Å². The van der Waals surface area contributed by atoms with E-state index in [1.807, 2.05) is 0 Å². The van der Waals surface area contributed by atoms with Crippen molar-refractivity contribution in [3.8, 4) is 0 Å². The minimum absolute atomic E-state index is 0.349. The molecule has 1 aliphatic rings. The summed E-state index contributed by atoms with van der Waals surface area (Å²) >= 11 is 0. The number of hydrogen-bond donors (Lipinski definition) is 3. The van der Waals surface area contributed by atoms with Crippen LogP contribution in [0.25, 0.3) is 32.7 Å². The summed E-state index contributed by atoms with van der Waals surface area (Å²) in [4.78, 5) is 10.8. The maximum Gasteiger partial charge on any atom is 0.0459 e. The second-order valence-corrected chi connectivity index (χ2v) is 8.42. The monoisotopic (exact) mass is 387 g/mol. The summed E-state index contributed by atoms with van der Waals surface area (Å²) in [6.45, 7) is 0. The molecule has 0 amide bonds. The van der Waals surface area contributed by atoms with E-state index in [1.54, 1.807) is 0 Å². The summed E-state index contributed by atoms with van der Waals surface area (Å²) in [6.07, 6.45) is 5.51. The van der Waals surface area contributed by atoms with Gasteiger partial charge in [0.25, 0.3) is 0 Å². The molecule has 2 atom stereocenters. The molecule has 3 heterocycles. The Bertz CT molecular complexity index is 1540. The highest BCUT2D eigenvalue weighted by Crippen LogP contribution is 2.52. The Balaban J connectivity index is 1.49. The second-order valence-electron chi connectivity index (χ2n) is 8.42. The molecule has 3 nitrogen and oxygen atoms in total. The average Bonchev–Trinajstić information content (AvgIpc) is 3.55. The Morgan fingerprint density at radius 3 is 1.77 bits per heavy atom. The van der Waals surface area contributed by atoms with Crippen molar-refractivity contribution in [1.29, 1.82) is 0 Å². The van der Waals surface area contributed by atoms with E-state index in [-0.39, 0.29) is 0 Å². The topological polar surface area (TPSA) is 47.4 Å². The molecule has 3 aromatic heterocycles. The predicted octanol–water partition coefficient (Wildman–Crippen LogP) is 6.80. The molecule has 0 radical (unpaired) electrons. The van der Waals surface area contributed by atoms with Crippen LogP contribution in [-0.2, 0) is 0 Å². The molecule has 3 N–H and O–H groups in total. The maximum absolute atomic E-state index is 3.80. The number of rotatable bonds is 2. The third-order valence-electron chi connectivity index (χ3n) is 6.94. The predicted molar refractivity (Wildman–Crippen MR) is 123 cm³/mol. The van der Waals surface area contributed by atoms with Crippen LogP contribution < -0.4 is 0 Å². The van der Waals surface area contributed by atoms with Crippen LogP contribution in [0.2, 0.25) is 0 Å². The first kappa shape index (κ1) is 16.1. The van der Waals surface area contributed by atoms with Crippen LogP contribution in [0.4, 0.5) is 0 Å². The summed E-state index contributed by atoms with van der Waals surface area (Å²) in [5, 5.41) is 4.01. The zero-order chi connectivity index (χ0) is 19.7. The van der Waals surface area contributed by atoms with Crippen molar-refractivity contribution >= 4 is 32.7 Å². The maximum atomic E-state index is 3.80. The average molecular weight is 387 g/mol. The van der Waals surface area contributed by atoms with Gasteiger partial charge in [-0.2, -0.15) is 0 Å². The lowest BCUT2D eigenvalue weighted by Gasteiger charge is -2.13. The number of aromatic amines is 3. The molecule has 0 bridgehead atoms. The fourth-order valence-corrected chi connectivity index (χ4v) is 5.64. The van der Waals surface area contributed by atoms with Crippen molar-refractivity contribution in [2.24, 2.45) is 0 Å². The summed E-state index contributed by atoms with van der Waals surface area (Å²) in [5.74, 6) is 0.716. The van der Waals surface area contributed by atoms with E-state index in [1.165, 1.54) is 55.1 Å². The Hall–Kier alpha value is -3.72. The van der Waals surface area contributed by atoms with Gasteiger partial charge in [0.2, 0.25) is 0 Å². The van der Waals surface area contributed by atoms with Crippen molar-refractivity contribution in [2.45, 2.75) is 18.3 Å². The summed E-state index contributed by atoms with van der Waals surface area (Å²) in [5.41, 5.74) is 9.28. The molecule has 0 aliphatic heterocycles. The zero-order valence-electron chi connectivity index (χ0n) is 16.4. The van der Waals surface area contributed by atoms with Crippen molar-refractivity contribution in [2.75, 3.05) is 0 Å². The molecular formula is C27H21N3. The van der Waals surface area contributed by atoms with Gasteiger partial charge >= 0.3 is 0 Å². The molecule has 3 heteroatoms. The van der Waals surface area contributed by atoms with Crippen LogP contribution in [0.15, 0.2) is 85.2 Å². The van der Waals surface area contributed by atoms with Gasteiger partial charge in [0, 0.05) is 62.6 Å². The number of hydrogen-bond acceptors (Lipinski definition) is 0. The molecule has 7 rings (SSSR count). The quantitative estimate of drug-likeness (QED) is 0.293. The smallest absolute Gasteiger partial charge is 0.0459 e. The first-order chi connectivity index (χ1) is 14.9. The van der Waals surface area contributed by atoms with Gasteiger partial charge in [-0.25, -0.2) is 0 Å². The minimum Gasteiger partial charge on any atom is -0.361 e. The molecule has 0 saturated heterocycles. The standard InChI is InChI=1S/C27H21N3/c1-4-10-23-16(7-1)21(14-28-23)19-13-20(22-15-29-24-11-5-2-8-17(22)24)27-26(19)18-9-3-6-12-25(18)30-27/h1-12,14-15,19-20,28-30H,13H2/t19-,20-/m1/s1. The SMILES string of the molecule is c1ccc2c([C@H]3C[C@H](c4c[nH]c5ccccc45)c4[nH]c5ccccc5c43)c[nH]c2c1. The van der Waals surface area contributed by atoms with Crippen molar-refractivity contribution in [3.63, 3.8) is 0 Å². The number of fused-ring (bicyclic) bond motifs is 5. The van der Waals surface area contributed by atoms with Gasteiger partial charge in [0.15, 0.2) is 0 Å². The number of nitrogens with one attached hydrogen (secondary N) is 3. The van der Waals surface area contributed by atoms with Crippen LogP contribution in [0.5, 0.6) is 0 Å². The Morgan fingerprint density at radius 2 is 1.10 bits per heavy atom. The molecule has 6 aromatic rings. The van der Waals surface area contributed by atoms with Gasteiger partial charge in [-0.05, 0) is 41.3 Å². The molecule has 30 heavy (non-hydrogen) atoms. The van der Waals surface area contributed by atoms with E-state index in [4.69, 9.17) is 0 Å². The molecule has 144 valence electrons. The molecule has 1 aliphatic carbocycles. The Kier molecular flexibility index (Phi) is 3.17. The highest BCUT2D eigenvalue weighted by molar-refractivity contribution is 5.91. The molecular weight excluding hydrogens is 366 g/mol. The second kappa shape index (κ2) is 5.90. The lowest BCUT2D eigenvalue weighted by atomic mass is 9.89. The first-order valence-corrected chi connectivity index (χ1v) is 10.6. The van der Waals surface area contributed by atoms with Crippen LogP contribution in [0, 0.1) is 0 Å². The number of aromatic nitrogens is 3. The summed E-state index contributed by atoms with van der Waals surface area (Å²) in [6, 6.07) is 26.0. The molecule has 0 unspecified atom stereocenters. The van der Waals surface area contributed by atoms with Crippen molar-refractivity contribution in [1.82, 2.24) is 15.0 Å². The molecule has 3 aromatic carbocycles. The van der Waals surface area contributed by atoms with E-state index in [0.29, 0.717) is 11.8 Å². The summed E-state index contributed by atoms with van der Waals surface area (Å²) < 4.78 is 0. The Morgan fingerprint density at radius 1 is 0.567 bits per heavy atom. The Labute approximate surface area is 173 Å². The van der Waals surface area contributed by atoms with E-state index < -0.39 is 0 Å². The zero-order valence-corrected chi connectivity index (χ0v) is 16.4. The van der Waals surface area contributed by atoms with Crippen molar-refractivity contribution in [3.05, 3.63) is 108 Å². The van der Waals surface area contributed by atoms with Crippen LogP contribution >= 0.6 is 0 Å². The number of benzene rings is 3. The largest absolute Gasteiger partial charge is 0.361 e. The third kappa shape index (κ3) is 2.09. The third-order valence-corrected chi connectivity index (χ3v) is 6.94. The minimum atomic E-state index is 0.349. The van der Waals surface area contributed by atoms with E-state index in [2.05, 4.69) is 100 Å². The van der Waals surface area contributed by atoms with Gasteiger partial charge in [-0.15, -0.1) is 0 Å². The van der Waals surface area contributed by atoms with Gasteiger partial charge in [0.05, 0.1) is 0 Å². The normalized spacial score (nSPS) is 18.5. The number of para-hydroxylation sites is 3. The van der Waals surface area contributed by atoms with Gasteiger partial charge in [-0.1, -0.05) is 54.6 Å². The van der Waals surface area contributed by atoms with Crippen molar-refractivity contribution < 1.29 is 0 Å².